The van der Waals surface area contributed by atoms with E-state index in [1.807, 2.05) is 6.07 Å². The van der Waals surface area contributed by atoms with Gasteiger partial charge in [-0.3, -0.25) is 9.69 Å². The SMILES string of the molecule is CCOC(=O)CN(Cc1ccc(OC)cc1OC)Cc1c(-c2ccc(OC)cc2)noc1C(=O)O. The summed E-state index contributed by atoms with van der Waals surface area (Å²) in [5.74, 6) is -0.169. The Morgan fingerprint density at radius 2 is 1.66 bits per heavy atom. The maximum Gasteiger partial charge on any atom is 0.375 e. The highest BCUT2D eigenvalue weighted by Gasteiger charge is 2.26. The lowest BCUT2D eigenvalue weighted by Crippen LogP contribution is -2.31. The van der Waals surface area contributed by atoms with Crippen LogP contribution in [0.3, 0.4) is 0 Å². The van der Waals surface area contributed by atoms with Crippen molar-refractivity contribution in [2.45, 2.75) is 20.0 Å². The third-order valence-corrected chi connectivity index (χ3v) is 5.27. The first-order valence-corrected chi connectivity index (χ1v) is 10.8. The van der Waals surface area contributed by atoms with Gasteiger partial charge in [-0.25, -0.2) is 4.79 Å². The van der Waals surface area contributed by atoms with Crippen LogP contribution in [0.5, 0.6) is 17.2 Å². The van der Waals surface area contributed by atoms with Crippen LogP contribution in [0.1, 0.15) is 28.6 Å². The molecule has 186 valence electrons. The summed E-state index contributed by atoms with van der Waals surface area (Å²) < 4.78 is 26.3. The van der Waals surface area contributed by atoms with E-state index in [0.717, 1.165) is 5.56 Å². The van der Waals surface area contributed by atoms with Gasteiger partial charge in [0.15, 0.2) is 0 Å². The number of hydrogen-bond donors (Lipinski definition) is 1. The first-order chi connectivity index (χ1) is 16.9. The fourth-order valence-electron chi connectivity index (χ4n) is 3.60. The molecule has 0 aliphatic heterocycles. The van der Waals surface area contributed by atoms with Crippen LogP contribution in [0.25, 0.3) is 11.3 Å². The average Bonchev–Trinajstić information content (AvgIpc) is 3.28. The second kappa shape index (κ2) is 11.9. The molecule has 0 saturated heterocycles. The van der Waals surface area contributed by atoms with Crippen molar-refractivity contribution < 1.29 is 38.2 Å². The van der Waals surface area contributed by atoms with E-state index >= 15 is 0 Å². The lowest BCUT2D eigenvalue weighted by atomic mass is 10.0. The van der Waals surface area contributed by atoms with Crippen LogP contribution >= 0.6 is 0 Å². The van der Waals surface area contributed by atoms with Gasteiger partial charge in [-0.1, -0.05) is 11.2 Å². The normalized spacial score (nSPS) is 10.8. The van der Waals surface area contributed by atoms with Crippen LogP contribution in [0, 0.1) is 0 Å². The van der Waals surface area contributed by atoms with Gasteiger partial charge in [-0.05, 0) is 37.3 Å². The monoisotopic (exact) mass is 484 g/mol. The van der Waals surface area contributed by atoms with Gasteiger partial charge in [-0.15, -0.1) is 0 Å². The highest BCUT2D eigenvalue weighted by Crippen LogP contribution is 2.30. The molecular formula is C25H28N2O8. The minimum atomic E-state index is -1.26. The molecule has 0 saturated carbocycles. The topological polar surface area (TPSA) is 121 Å². The number of aromatic nitrogens is 1. The van der Waals surface area contributed by atoms with Crippen molar-refractivity contribution in [1.82, 2.24) is 10.1 Å². The highest BCUT2D eigenvalue weighted by molar-refractivity contribution is 5.88. The third kappa shape index (κ3) is 6.30. The van der Waals surface area contributed by atoms with Crippen LogP contribution in [0.4, 0.5) is 0 Å². The molecule has 35 heavy (non-hydrogen) atoms. The predicted octanol–water partition coefficient (Wildman–Crippen LogP) is 3.63. The Morgan fingerprint density at radius 1 is 0.971 bits per heavy atom. The standard InChI is InChI=1S/C25H28N2O8/c1-5-34-22(28)15-27(13-17-8-11-19(32-3)12-21(17)33-4)14-20-23(26-35-24(20)25(29)30)16-6-9-18(31-2)10-7-16/h6-12H,5,13-15H2,1-4H3,(H,29,30). The number of nitrogens with zero attached hydrogens (tertiary/aromatic N) is 2. The van der Waals surface area contributed by atoms with Crippen molar-refractivity contribution in [3.63, 3.8) is 0 Å². The van der Waals surface area contributed by atoms with Gasteiger partial charge in [-0.2, -0.15) is 0 Å². The summed E-state index contributed by atoms with van der Waals surface area (Å²) in [6.07, 6.45) is 0. The van der Waals surface area contributed by atoms with Crippen LogP contribution in [0.15, 0.2) is 47.0 Å². The van der Waals surface area contributed by atoms with E-state index in [0.29, 0.717) is 34.1 Å². The quantitative estimate of drug-likeness (QED) is 0.382. The number of carboxylic acids is 1. The van der Waals surface area contributed by atoms with E-state index in [1.165, 1.54) is 7.11 Å². The zero-order valence-electron chi connectivity index (χ0n) is 20.1. The van der Waals surface area contributed by atoms with Gasteiger partial charge in [0.05, 0.1) is 34.5 Å². The Morgan fingerprint density at radius 3 is 2.26 bits per heavy atom. The molecule has 0 fully saturated rings. The van der Waals surface area contributed by atoms with Crippen molar-refractivity contribution in [2.24, 2.45) is 0 Å². The molecule has 2 aromatic carbocycles. The predicted molar refractivity (Wildman–Crippen MR) is 126 cm³/mol. The summed E-state index contributed by atoms with van der Waals surface area (Å²) in [5, 5.41) is 13.7. The number of methoxy groups -OCH3 is 3. The number of carbonyl (C=O) groups excluding carboxylic acids is 1. The lowest BCUT2D eigenvalue weighted by Gasteiger charge is -2.23. The molecule has 0 unspecified atom stereocenters. The molecule has 3 rings (SSSR count). The van der Waals surface area contributed by atoms with E-state index < -0.39 is 11.9 Å². The van der Waals surface area contributed by atoms with Gasteiger partial charge in [0.25, 0.3) is 0 Å². The Bertz CT molecular complexity index is 1160. The zero-order valence-corrected chi connectivity index (χ0v) is 20.1. The van der Waals surface area contributed by atoms with Crippen LogP contribution in [-0.2, 0) is 22.6 Å². The fraction of sp³-hybridized carbons (Fsp3) is 0.320. The van der Waals surface area contributed by atoms with E-state index in [-0.39, 0.29) is 32.0 Å². The molecule has 3 aromatic rings. The molecule has 0 bridgehead atoms. The Hall–Kier alpha value is -4.05. The number of carbonyl (C=O) groups is 2. The van der Waals surface area contributed by atoms with Gasteiger partial charge in [0.1, 0.15) is 22.9 Å². The summed E-state index contributed by atoms with van der Waals surface area (Å²) in [6.45, 7) is 2.18. The maximum atomic E-state index is 12.4. The van der Waals surface area contributed by atoms with Crippen molar-refractivity contribution in [3.8, 4) is 28.5 Å². The summed E-state index contributed by atoms with van der Waals surface area (Å²) in [5.41, 5.74) is 2.12. The summed E-state index contributed by atoms with van der Waals surface area (Å²) >= 11 is 0. The number of aromatic carboxylic acids is 1. The van der Waals surface area contributed by atoms with Crippen molar-refractivity contribution in [1.29, 1.82) is 0 Å². The van der Waals surface area contributed by atoms with E-state index in [9.17, 15) is 14.7 Å². The number of ether oxygens (including phenoxy) is 4. The van der Waals surface area contributed by atoms with E-state index in [1.54, 1.807) is 62.4 Å². The molecule has 0 atom stereocenters. The largest absolute Gasteiger partial charge is 0.497 e. The molecule has 10 nitrogen and oxygen atoms in total. The zero-order chi connectivity index (χ0) is 25.4. The number of carboxylic acid groups (broad SMARTS) is 1. The second-order valence-electron chi connectivity index (χ2n) is 7.50. The smallest absolute Gasteiger partial charge is 0.375 e. The third-order valence-electron chi connectivity index (χ3n) is 5.27. The number of benzene rings is 2. The van der Waals surface area contributed by atoms with Crippen molar-refractivity contribution in [3.05, 3.63) is 59.4 Å². The number of rotatable bonds is 12. The van der Waals surface area contributed by atoms with Crippen molar-refractivity contribution in [2.75, 3.05) is 34.5 Å². The molecule has 0 spiro atoms. The molecule has 1 heterocycles. The Labute approximate surface area is 202 Å². The molecule has 1 aromatic heterocycles. The Kier molecular flexibility index (Phi) is 8.69. The molecule has 10 heteroatoms. The number of hydrogen-bond acceptors (Lipinski definition) is 9. The minimum absolute atomic E-state index is 0.0560. The molecule has 0 aliphatic rings. The maximum absolute atomic E-state index is 12.4. The summed E-state index contributed by atoms with van der Waals surface area (Å²) in [7, 11) is 4.65. The molecule has 0 amide bonds. The van der Waals surface area contributed by atoms with Crippen molar-refractivity contribution >= 4 is 11.9 Å². The fourth-order valence-corrected chi connectivity index (χ4v) is 3.60. The average molecular weight is 485 g/mol. The minimum Gasteiger partial charge on any atom is -0.497 e. The van der Waals surface area contributed by atoms with Crippen LogP contribution < -0.4 is 14.2 Å². The lowest BCUT2D eigenvalue weighted by molar-refractivity contribution is -0.144. The molecule has 0 aliphatic carbocycles. The molecular weight excluding hydrogens is 456 g/mol. The summed E-state index contributed by atoms with van der Waals surface area (Å²) in [6, 6.07) is 12.3. The van der Waals surface area contributed by atoms with E-state index in [2.05, 4.69) is 5.16 Å². The number of esters is 1. The Balaban J connectivity index is 1.99. The van der Waals surface area contributed by atoms with Gasteiger partial charge in [0.2, 0.25) is 5.76 Å². The second-order valence-corrected chi connectivity index (χ2v) is 7.50. The summed E-state index contributed by atoms with van der Waals surface area (Å²) in [4.78, 5) is 26.0. The first-order valence-electron chi connectivity index (χ1n) is 10.8. The van der Waals surface area contributed by atoms with Gasteiger partial charge >= 0.3 is 11.9 Å². The van der Waals surface area contributed by atoms with Gasteiger partial charge in [0, 0.05) is 35.8 Å². The van der Waals surface area contributed by atoms with Gasteiger partial charge < -0.3 is 28.6 Å². The molecule has 0 radical (unpaired) electrons. The first kappa shape index (κ1) is 25.6. The van der Waals surface area contributed by atoms with Crippen LogP contribution in [0.2, 0.25) is 0 Å². The highest BCUT2D eigenvalue weighted by atomic mass is 16.5. The molecule has 1 N–H and O–H groups in total. The van der Waals surface area contributed by atoms with Crippen LogP contribution in [-0.4, -0.2) is 61.6 Å². The van der Waals surface area contributed by atoms with E-state index in [4.69, 9.17) is 23.5 Å².